The van der Waals surface area contributed by atoms with E-state index in [1.165, 1.54) is 5.56 Å². The molecule has 1 unspecified atom stereocenters. The Balaban J connectivity index is 0.00000420. The van der Waals surface area contributed by atoms with Crippen molar-refractivity contribution >= 4 is 29.9 Å². The Hall–Kier alpha value is -1.84. The zero-order valence-corrected chi connectivity index (χ0v) is 20.6. The smallest absolute Gasteiger partial charge is 0.228 e. The van der Waals surface area contributed by atoms with Crippen LogP contribution in [0.5, 0.6) is 5.75 Å². The van der Waals surface area contributed by atoms with Crippen molar-refractivity contribution in [3.8, 4) is 5.75 Å². The van der Waals surface area contributed by atoms with E-state index in [-0.39, 0.29) is 30.1 Å². The summed E-state index contributed by atoms with van der Waals surface area (Å²) in [6.45, 7) is 11.7. The largest absolute Gasteiger partial charge is 0.490 e. The van der Waals surface area contributed by atoms with Gasteiger partial charge in [-0.1, -0.05) is 31.1 Å². The number of hydrogen-bond acceptors (Lipinski definition) is 5. The minimum absolute atomic E-state index is 0. The molecule has 0 spiro atoms. The summed E-state index contributed by atoms with van der Waals surface area (Å²) < 4.78 is 11.3. The minimum atomic E-state index is 0. The SMILES string of the molecule is CN=C(NCCc1nc(C)no1)NCc1ccc(C)cc1OC(C)CC(C)C.I. The van der Waals surface area contributed by atoms with Crippen molar-refractivity contribution in [3.05, 3.63) is 41.0 Å². The van der Waals surface area contributed by atoms with Crippen LogP contribution >= 0.6 is 24.0 Å². The van der Waals surface area contributed by atoms with Crippen LogP contribution in [0, 0.1) is 19.8 Å². The van der Waals surface area contributed by atoms with E-state index in [2.05, 4.69) is 71.7 Å². The predicted molar refractivity (Wildman–Crippen MR) is 127 cm³/mol. The number of halogens is 1. The second-order valence-corrected chi connectivity index (χ2v) is 7.51. The molecule has 2 rings (SSSR count). The molecule has 162 valence electrons. The van der Waals surface area contributed by atoms with Gasteiger partial charge in [0.2, 0.25) is 5.89 Å². The summed E-state index contributed by atoms with van der Waals surface area (Å²) in [6.07, 6.45) is 1.85. The Morgan fingerprint density at radius 1 is 1.21 bits per heavy atom. The first-order chi connectivity index (χ1) is 13.4. The highest BCUT2D eigenvalue weighted by atomic mass is 127. The second kappa shape index (κ2) is 12.7. The molecule has 0 aliphatic heterocycles. The Bertz CT molecular complexity index is 776. The van der Waals surface area contributed by atoms with Gasteiger partial charge >= 0.3 is 0 Å². The molecule has 29 heavy (non-hydrogen) atoms. The van der Waals surface area contributed by atoms with Crippen molar-refractivity contribution < 1.29 is 9.26 Å². The highest BCUT2D eigenvalue weighted by molar-refractivity contribution is 14.0. The van der Waals surface area contributed by atoms with E-state index in [4.69, 9.17) is 9.26 Å². The Morgan fingerprint density at radius 3 is 2.59 bits per heavy atom. The number of guanidine groups is 1. The number of aryl methyl sites for hydroxylation is 2. The summed E-state index contributed by atoms with van der Waals surface area (Å²) in [5.74, 6) is 3.52. The number of ether oxygens (including phenoxy) is 1. The van der Waals surface area contributed by atoms with Crippen molar-refractivity contribution in [2.24, 2.45) is 10.9 Å². The van der Waals surface area contributed by atoms with Gasteiger partial charge in [0.05, 0.1) is 6.10 Å². The molecule has 0 fully saturated rings. The summed E-state index contributed by atoms with van der Waals surface area (Å²) in [4.78, 5) is 8.47. The highest BCUT2D eigenvalue weighted by Gasteiger charge is 2.11. The molecule has 0 saturated heterocycles. The maximum absolute atomic E-state index is 6.22. The topological polar surface area (TPSA) is 84.6 Å². The molecule has 0 bridgehead atoms. The van der Waals surface area contributed by atoms with E-state index >= 15 is 0 Å². The first-order valence-corrected chi connectivity index (χ1v) is 9.87. The van der Waals surface area contributed by atoms with E-state index in [1.54, 1.807) is 7.05 Å². The molecule has 2 N–H and O–H groups in total. The summed E-state index contributed by atoms with van der Waals surface area (Å²) in [7, 11) is 1.75. The number of aromatic nitrogens is 2. The minimum Gasteiger partial charge on any atom is -0.490 e. The van der Waals surface area contributed by atoms with Gasteiger partial charge in [-0.2, -0.15) is 4.98 Å². The molecule has 1 aromatic carbocycles. The van der Waals surface area contributed by atoms with Gasteiger partial charge in [-0.05, 0) is 44.7 Å². The van der Waals surface area contributed by atoms with Crippen LogP contribution in [0.3, 0.4) is 0 Å². The van der Waals surface area contributed by atoms with Crippen LogP contribution in [0.25, 0.3) is 0 Å². The average Bonchev–Trinajstić information content (AvgIpc) is 3.03. The Morgan fingerprint density at radius 2 is 1.97 bits per heavy atom. The molecule has 0 saturated carbocycles. The fraction of sp³-hybridized carbons (Fsp3) is 0.571. The van der Waals surface area contributed by atoms with Crippen LogP contribution in [0.15, 0.2) is 27.7 Å². The molecule has 0 aliphatic carbocycles. The zero-order chi connectivity index (χ0) is 20.5. The number of aliphatic imine (C=N–C) groups is 1. The average molecular weight is 515 g/mol. The zero-order valence-electron chi connectivity index (χ0n) is 18.3. The van der Waals surface area contributed by atoms with Gasteiger partial charge in [-0.15, -0.1) is 24.0 Å². The lowest BCUT2D eigenvalue weighted by atomic mass is 10.1. The maximum Gasteiger partial charge on any atom is 0.228 e. The van der Waals surface area contributed by atoms with Gasteiger partial charge in [0.15, 0.2) is 11.8 Å². The maximum atomic E-state index is 6.22. The molecule has 1 aromatic heterocycles. The van der Waals surface area contributed by atoms with E-state index in [0.29, 0.717) is 37.1 Å². The van der Waals surface area contributed by atoms with Crippen LogP contribution in [-0.4, -0.2) is 35.8 Å². The number of benzene rings is 1. The first kappa shape index (κ1) is 25.2. The van der Waals surface area contributed by atoms with Crippen molar-refractivity contribution in [2.75, 3.05) is 13.6 Å². The number of nitrogens with zero attached hydrogens (tertiary/aromatic N) is 3. The summed E-state index contributed by atoms with van der Waals surface area (Å²) >= 11 is 0. The molecular formula is C21H34IN5O2. The van der Waals surface area contributed by atoms with Crippen LogP contribution < -0.4 is 15.4 Å². The number of hydrogen-bond donors (Lipinski definition) is 2. The molecule has 7 nitrogen and oxygen atoms in total. The van der Waals surface area contributed by atoms with Crippen LogP contribution in [-0.2, 0) is 13.0 Å². The van der Waals surface area contributed by atoms with Crippen molar-refractivity contribution in [2.45, 2.75) is 60.1 Å². The predicted octanol–water partition coefficient (Wildman–Crippen LogP) is 4.03. The van der Waals surface area contributed by atoms with Crippen LogP contribution in [0.2, 0.25) is 0 Å². The molecule has 8 heteroatoms. The summed E-state index contributed by atoms with van der Waals surface area (Å²) in [6, 6.07) is 6.31. The van der Waals surface area contributed by atoms with E-state index in [0.717, 1.165) is 23.7 Å². The third-order valence-corrected chi connectivity index (χ3v) is 4.22. The van der Waals surface area contributed by atoms with Gasteiger partial charge < -0.3 is 19.9 Å². The summed E-state index contributed by atoms with van der Waals surface area (Å²) in [5, 5.41) is 10.4. The van der Waals surface area contributed by atoms with E-state index in [9.17, 15) is 0 Å². The van der Waals surface area contributed by atoms with Gasteiger partial charge in [0.1, 0.15) is 5.75 Å². The lowest BCUT2D eigenvalue weighted by molar-refractivity contribution is 0.191. The third kappa shape index (κ3) is 9.01. The normalized spacial score (nSPS) is 12.4. The quantitative estimate of drug-likeness (QED) is 0.298. The van der Waals surface area contributed by atoms with Crippen molar-refractivity contribution in [1.82, 2.24) is 20.8 Å². The lowest BCUT2D eigenvalue weighted by Gasteiger charge is -2.20. The van der Waals surface area contributed by atoms with Gasteiger partial charge in [-0.3, -0.25) is 4.99 Å². The molecular weight excluding hydrogens is 481 g/mol. The van der Waals surface area contributed by atoms with Gasteiger partial charge in [0.25, 0.3) is 0 Å². The Labute approximate surface area is 191 Å². The standard InChI is InChI=1S/C21H33N5O2.HI/c1-14(2)11-16(4)27-19-12-15(3)7-8-18(19)13-24-21(22-6)23-10-9-20-25-17(5)26-28-20;/h7-8,12,14,16H,9-11,13H2,1-6H3,(H2,22,23,24);1H. The Kier molecular flexibility index (Phi) is 11.0. The molecule has 0 radical (unpaired) electrons. The molecule has 1 atom stereocenters. The first-order valence-electron chi connectivity index (χ1n) is 9.87. The monoisotopic (exact) mass is 515 g/mol. The molecule has 2 aromatic rings. The highest BCUT2D eigenvalue weighted by Crippen LogP contribution is 2.23. The fourth-order valence-electron chi connectivity index (χ4n) is 2.98. The van der Waals surface area contributed by atoms with Crippen LogP contribution in [0.1, 0.15) is 50.0 Å². The van der Waals surface area contributed by atoms with Gasteiger partial charge in [0, 0.05) is 32.1 Å². The molecule has 1 heterocycles. The van der Waals surface area contributed by atoms with E-state index < -0.39 is 0 Å². The van der Waals surface area contributed by atoms with E-state index in [1.807, 2.05) is 6.92 Å². The lowest BCUT2D eigenvalue weighted by Crippen LogP contribution is -2.38. The van der Waals surface area contributed by atoms with Crippen molar-refractivity contribution in [1.29, 1.82) is 0 Å². The third-order valence-electron chi connectivity index (χ3n) is 4.22. The molecule has 0 aliphatic rings. The van der Waals surface area contributed by atoms with Crippen LogP contribution in [0.4, 0.5) is 0 Å². The van der Waals surface area contributed by atoms with Crippen molar-refractivity contribution in [3.63, 3.8) is 0 Å². The number of rotatable bonds is 9. The summed E-state index contributed by atoms with van der Waals surface area (Å²) in [5.41, 5.74) is 2.30. The van der Waals surface area contributed by atoms with Gasteiger partial charge in [-0.25, -0.2) is 0 Å². The second-order valence-electron chi connectivity index (χ2n) is 7.51. The fourth-order valence-corrected chi connectivity index (χ4v) is 2.98. The number of nitrogens with one attached hydrogen (secondary N) is 2. The molecule has 0 amide bonds.